The molecule has 0 saturated carbocycles. The van der Waals surface area contributed by atoms with E-state index in [0.717, 1.165) is 11.0 Å². The summed E-state index contributed by atoms with van der Waals surface area (Å²) >= 11 is 0. The van der Waals surface area contributed by atoms with Gasteiger partial charge in [0.05, 0.1) is 16.8 Å². The number of carbonyl (C=O) groups is 1. The first-order valence-electron chi connectivity index (χ1n) is 6.11. The molecule has 2 aromatic rings. The summed E-state index contributed by atoms with van der Waals surface area (Å²) in [6.45, 7) is 0. The summed E-state index contributed by atoms with van der Waals surface area (Å²) < 4.78 is 28.0. The summed E-state index contributed by atoms with van der Waals surface area (Å²) in [6, 6.07) is 8.02. The van der Waals surface area contributed by atoms with Crippen LogP contribution < -0.4 is 4.90 Å². The van der Waals surface area contributed by atoms with Gasteiger partial charge in [0.25, 0.3) is 5.91 Å². The Bertz CT molecular complexity index is 795. The van der Waals surface area contributed by atoms with Gasteiger partial charge in [-0.2, -0.15) is 0 Å². The zero-order chi connectivity index (χ0) is 15.1. The highest BCUT2D eigenvalue weighted by molar-refractivity contribution is 6.10. The van der Waals surface area contributed by atoms with Gasteiger partial charge in [-0.15, -0.1) is 6.42 Å². The summed E-state index contributed by atoms with van der Waals surface area (Å²) in [5, 5.41) is 10.2. The molecule has 0 aromatic heterocycles. The fourth-order valence-corrected chi connectivity index (χ4v) is 2.41. The van der Waals surface area contributed by atoms with E-state index in [2.05, 4.69) is 5.92 Å². The van der Waals surface area contributed by atoms with Crippen LogP contribution in [0.1, 0.15) is 27.7 Å². The van der Waals surface area contributed by atoms with E-state index in [1.54, 1.807) is 0 Å². The van der Waals surface area contributed by atoms with Crippen LogP contribution in [0.2, 0.25) is 0 Å². The number of aliphatic hydroxyl groups is 1. The summed E-state index contributed by atoms with van der Waals surface area (Å²) in [4.78, 5) is 13.1. The fraction of sp³-hybridized carbons (Fsp3) is 0.0625. The Morgan fingerprint density at radius 3 is 2.57 bits per heavy atom. The van der Waals surface area contributed by atoms with Crippen LogP contribution >= 0.6 is 0 Å². The van der Waals surface area contributed by atoms with Crippen molar-refractivity contribution in [3.63, 3.8) is 0 Å². The lowest BCUT2D eigenvalue weighted by Gasteiger charge is -2.21. The number of anilines is 1. The van der Waals surface area contributed by atoms with Gasteiger partial charge in [0.1, 0.15) is 5.82 Å². The average Bonchev–Trinajstić information content (AvgIpc) is 2.73. The van der Waals surface area contributed by atoms with Crippen LogP contribution in [0.15, 0.2) is 36.4 Å². The van der Waals surface area contributed by atoms with Crippen molar-refractivity contribution in [2.45, 2.75) is 6.23 Å². The SMILES string of the molecule is C#Cc1cccc(N2C(=O)c3cccc(F)c3C2O)c1F. The van der Waals surface area contributed by atoms with Crippen LogP contribution in [0.25, 0.3) is 0 Å². The van der Waals surface area contributed by atoms with Crippen LogP contribution in [-0.2, 0) is 0 Å². The molecule has 0 aliphatic carbocycles. The number of hydrogen-bond acceptors (Lipinski definition) is 2. The van der Waals surface area contributed by atoms with Crippen molar-refractivity contribution in [2.24, 2.45) is 0 Å². The molecule has 1 amide bonds. The number of amides is 1. The van der Waals surface area contributed by atoms with E-state index in [-0.39, 0.29) is 22.4 Å². The van der Waals surface area contributed by atoms with Crippen molar-refractivity contribution in [1.82, 2.24) is 0 Å². The fourth-order valence-electron chi connectivity index (χ4n) is 2.41. The minimum absolute atomic E-state index is 0.00742. The molecule has 1 aliphatic rings. The molecule has 0 bridgehead atoms. The van der Waals surface area contributed by atoms with E-state index in [1.807, 2.05) is 0 Å². The highest BCUT2D eigenvalue weighted by Gasteiger charge is 2.40. The topological polar surface area (TPSA) is 40.5 Å². The first kappa shape index (κ1) is 13.3. The maximum atomic E-state index is 14.3. The second-order valence-corrected chi connectivity index (χ2v) is 4.53. The molecule has 0 saturated heterocycles. The first-order valence-corrected chi connectivity index (χ1v) is 6.11. The van der Waals surface area contributed by atoms with Crippen molar-refractivity contribution in [3.8, 4) is 12.3 Å². The van der Waals surface area contributed by atoms with Crippen molar-refractivity contribution < 1.29 is 18.7 Å². The minimum atomic E-state index is -1.59. The van der Waals surface area contributed by atoms with Crippen molar-refractivity contribution >= 4 is 11.6 Å². The third kappa shape index (κ3) is 1.81. The molecule has 3 nitrogen and oxygen atoms in total. The largest absolute Gasteiger partial charge is 0.369 e. The first-order chi connectivity index (χ1) is 10.1. The van der Waals surface area contributed by atoms with Gasteiger partial charge >= 0.3 is 0 Å². The molecule has 5 heteroatoms. The Hall–Kier alpha value is -2.71. The lowest BCUT2D eigenvalue weighted by molar-refractivity contribution is 0.0932. The van der Waals surface area contributed by atoms with Crippen molar-refractivity contribution in [2.75, 3.05) is 4.90 Å². The number of benzene rings is 2. The van der Waals surface area contributed by atoms with Crippen LogP contribution in [0.3, 0.4) is 0 Å². The molecule has 3 rings (SSSR count). The molecule has 21 heavy (non-hydrogen) atoms. The van der Waals surface area contributed by atoms with Crippen molar-refractivity contribution in [1.29, 1.82) is 0 Å². The predicted octanol–water partition coefficient (Wildman–Crippen LogP) is 2.60. The van der Waals surface area contributed by atoms with E-state index >= 15 is 0 Å². The second-order valence-electron chi connectivity index (χ2n) is 4.53. The van der Waals surface area contributed by atoms with Gasteiger partial charge in [-0.1, -0.05) is 18.1 Å². The molecular formula is C16H9F2NO2. The van der Waals surface area contributed by atoms with E-state index in [0.29, 0.717) is 0 Å². The van der Waals surface area contributed by atoms with Crippen LogP contribution in [0.4, 0.5) is 14.5 Å². The molecule has 1 heterocycles. The highest BCUT2D eigenvalue weighted by Crippen LogP contribution is 2.38. The van der Waals surface area contributed by atoms with Gasteiger partial charge in [-0.3, -0.25) is 9.69 Å². The maximum Gasteiger partial charge on any atom is 0.261 e. The lowest BCUT2D eigenvalue weighted by atomic mass is 10.1. The van der Waals surface area contributed by atoms with Crippen molar-refractivity contribution in [3.05, 3.63) is 64.7 Å². The summed E-state index contributed by atoms with van der Waals surface area (Å²) in [5.41, 5.74) is -0.372. The molecule has 0 radical (unpaired) electrons. The molecular weight excluding hydrogens is 276 g/mol. The van der Waals surface area contributed by atoms with Crippen LogP contribution in [-0.4, -0.2) is 11.0 Å². The number of rotatable bonds is 1. The quantitative estimate of drug-likeness (QED) is 0.818. The molecule has 1 unspecified atom stereocenters. The number of nitrogens with zero attached hydrogens (tertiary/aromatic N) is 1. The Labute approximate surface area is 119 Å². The standard InChI is InChI=1S/C16H9F2NO2/c1-2-9-5-3-8-12(14(9)18)19-15(20)10-6-4-7-11(17)13(10)16(19)21/h1,3-8,16,21H. The minimum Gasteiger partial charge on any atom is -0.369 e. The Kier molecular flexibility index (Phi) is 2.96. The van der Waals surface area contributed by atoms with Gasteiger partial charge in [0.15, 0.2) is 12.0 Å². The van der Waals surface area contributed by atoms with Gasteiger partial charge in [0.2, 0.25) is 0 Å². The third-order valence-corrected chi connectivity index (χ3v) is 3.40. The number of terminal acetylenes is 1. The Balaban J connectivity index is 2.17. The maximum absolute atomic E-state index is 14.3. The lowest BCUT2D eigenvalue weighted by Crippen LogP contribution is -2.28. The molecule has 1 aliphatic heterocycles. The van der Waals surface area contributed by atoms with Gasteiger partial charge in [-0.05, 0) is 24.3 Å². The smallest absolute Gasteiger partial charge is 0.261 e. The second kappa shape index (κ2) is 4.69. The van der Waals surface area contributed by atoms with Crippen LogP contribution in [0.5, 0.6) is 0 Å². The monoisotopic (exact) mass is 285 g/mol. The zero-order valence-corrected chi connectivity index (χ0v) is 10.7. The Morgan fingerprint density at radius 1 is 1.19 bits per heavy atom. The van der Waals surface area contributed by atoms with E-state index in [4.69, 9.17) is 6.42 Å². The molecule has 0 spiro atoms. The zero-order valence-electron chi connectivity index (χ0n) is 10.7. The van der Waals surface area contributed by atoms with Gasteiger partial charge in [0, 0.05) is 5.56 Å². The predicted molar refractivity (Wildman–Crippen MR) is 72.5 cm³/mol. The Morgan fingerprint density at radius 2 is 1.90 bits per heavy atom. The molecule has 1 N–H and O–H groups in total. The summed E-state index contributed by atoms with van der Waals surface area (Å²) in [7, 11) is 0. The number of hydrogen-bond donors (Lipinski definition) is 1. The average molecular weight is 285 g/mol. The number of carbonyl (C=O) groups excluding carboxylic acids is 1. The summed E-state index contributed by atoms with van der Waals surface area (Å²) in [6.07, 6.45) is 3.59. The highest BCUT2D eigenvalue weighted by atomic mass is 19.1. The summed E-state index contributed by atoms with van der Waals surface area (Å²) in [5.74, 6) is -0.0464. The number of fused-ring (bicyclic) bond motifs is 1. The van der Waals surface area contributed by atoms with Crippen LogP contribution in [0, 0.1) is 24.0 Å². The molecule has 2 aromatic carbocycles. The molecule has 1 atom stereocenters. The number of halogens is 2. The van der Waals surface area contributed by atoms with E-state index in [9.17, 15) is 18.7 Å². The van der Waals surface area contributed by atoms with Gasteiger partial charge in [-0.25, -0.2) is 8.78 Å². The van der Waals surface area contributed by atoms with E-state index in [1.165, 1.54) is 30.3 Å². The van der Waals surface area contributed by atoms with E-state index < -0.39 is 23.8 Å². The third-order valence-electron chi connectivity index (χ3n) is 3.40. The number of aliphatic hydroxyl groups excluding tert-OH is 1. The molecule has 0 fully saturated rings. The molecule has 104 valence electrons. The normalized spacial score (nSPS) is 16.8. The van der Waals surface area contributed by atoms with Gasteiger partial charge < -0.3 is 5.11 Å².